The van der Waals surface area contributed by atoms with Gasteiger partial charge in [-0.25, -0.2) is 9.18 Å². The van der Waals surface area contributed by atoms with Crippen LogP contribution in [0.4, 0.5) is 10.1 Å². The van der Waals surface area contributed by atoms with E-state index >= 15 is 0 Å². The number of nitro groups is 1. The van der Waals surface area contributed by atoms with Crippen LogP contribution in [0.2, 0.25) is 5.02 Å². The lowest BCUT2D eigenvalue weighted by molar-refractivity contribution is -0.385. The highest BCUT2D eigenvalue weighted by molar-refractivity contribution is 6.32. The molecule has 2 aromatic carbocycles. The molecule has 0 amide bonds. The van der Waals surface area contributed by atoms with E-state index in [4.69, 9.17) is 21.1 Å². The molecule has 8 heteroatoms. The number of nitro benzene ring substituents is 1. The zero-order valence-corrected chi connectivity index (χ0v) is 13.5. The molecule has 0 heterocycles. The van der Waals surface area contributed by atoms with Gasteiger partial charge in [0, 0.05) is 12.1 Å². The predicted octanol–water partition coefficient (Wildman–Crippen LogP) is 4.07. The lowest BCUT2D eigenvalue weighted by atomic mass is 10.2. The lowest BCUT2D eigenvalue weighted by Crippen LogP contribution is -2.28. The summed E-state index contributed by atoms with van der Waals surface area (Å²) in [6, 6.07) is 7.61. The van der Waals surface area contributed by atoms with Crippen molar-refractivity contribution in [3.05, 3.63) is 62.9 Å². The molecule has 2 aromatic rings. The first-order chi connectivity index (χ1) is 11.3. The Labute approximate surface area is 141 Å². The second kappa shape index (κ2) is 7.27. The first-order valence-electron chi connectivity index (χ1n) is 6.86. The third-order valence-corrected chi connectivity index (χ3v) is 3.36. The number of hydrogen-bond acceptors (Lipinski definition) is 5. The third kappa shape index (κ3) is 4.20. The van der Waals surface area contributed by atoms with Crippen LogP contribution in [0.25, 0.3) is 0 Å². The minimum atomic E-state index is -1.10. The Morgan fingerprint density at radius 1 is 1.25 bits per heavy atom. The minimum absolute atomic E-state index is 0.273. The Bertz CT molecular complexity index is 796. The Hall–Kier alpha value is -2.67. The fourth-order valence-electron chi connectivity index (χ4n) is 1.85. The van der Waals surface area contributed by atoms with E-state index in [1.165, 1.54) is 6.92 Å². The molecular weight excluding hydrogens is 341 g/mol. The maximum absolute atomic E-state index is 13.2. The highest BCUT2D eigenvalue weighted by atomic mass is 35.5. The molecule has 6 nitrogen and oxygen atoms in total. The van der Waals surface area contributed by atoms with Crippen LogP contribution in [0.5, 0.6) is 11.5 Å². The monoisotopic (exact) mass is 353 g/mol. The van der Waals surface area contributed by atoms with Gasteiger partial charge >= 0.3 is 11.7 Å². The largest absolute Gasteiger partial charge is 0.477 e. The molecule has 1 unspecified atom stereocenters. The van der Waals surface area contributed by atoms with Crippen LogP contribution in [0.3, 0.4) is 0 Å². The van der Waals surface area contributed by atoms with Crippen molar-refractivity contribution in [1.82, 2.24) is 0 Å². The van der Waals surface area contributed by atoms with Gasteiger partial charge in [-0.3, -0.25) is 10.1 Å². The first-order valence-corrected chi connectivity index (χ1v) is 7.24. The first kappa shape index (κ1) is 17.7. The molecule has 0 saturated carbocycles. The van der Waals surface area contributed by atoms with Gasteiger partial charge in [0.15, 0.2) is 6.10 Å². The summed E-state index contributed by atoms with van der Waals surface area (Å²) in [5.74, 6) is -1.90. The summed E-state index contributed by atoms with van der Waals surface area (Å²) in [7, 11) is 0. The fraction of sp³-hybridized carbons (Fsp3) is 0.188. The van der Waals surface area contributed by atoms with Crippen molar-refractivity contribution in [2.45, 2.75) is 20.0 Å². The number of halogens is 2. The average molecular weight is 354 g/mol. The molecule has 0 bridgehead atoms. The van der Waals surface area contributed by atoms with Crippen LogP contribution in [0, 0.1) is 22.9 Å². The Kier molecular flexibility index (Phi) is 5.35. The van der Waals surface area contributed by atoms with Gasteiger partial charge in [0.25, 0.3) is 0 Å². The quantitative estimate of drug-likeness (QED) is 0.350. The molecule has 0 fully saturated rings. The van der Waals surface area contributed by atoms with Gasteiger partial charge in [0.05, 0.1) is 9.95 Å². The topological polar surface area (TPSA) is 78.7 Å². The highest BCUT2D eigenvalue weighted by Gasteiger charge is 2.24. The smallest absolute Gasteiger partial charge is 0.352 e. The zero-order chi connectivity index (χ0) is 17.9. The molecule has 0 N–H and O–H groups in total. The van der Waals surface area contributed by atoms with Crippen molar-refractivity contribution in [2.75, 3.05) is 0 Å². The van der Waals surface area contributed by atoms with Gasteiger partial charge in [0.2, 0.25) is 5.75 Å². The molecule has 0 aliphatic rings. The summed E-state index contributed by atoms with van der Waals surface area (Å²) in [5.41, 5.74) is 0.348. The maximum Gasteiger partial charge on any atom is 0.352 e. The van der Waals surface area contributed by atoms with Crippen molar-refractivity contribution in [1.29, 1.82) is 0 Å². The van der Waals surface area contributed by atoms with E-state index in [2.05, 4.69) is 0 Å². The second-order valence-corrected chi connectivity index (χ2v) is 5.39. The van der Waals surface area contributed by atoms with E-state index in [-0.39, 0.29) is 5.75 Å². The Morgan fingerprint density at radius 3 is 2.62 bits per heavy atom. The van der Waals surface area contributed by atoms with Crippen LogP contribution in [0.15, 0.2) is 36.4 Å². The summed E-state index contributed by atoms with van der Waals surface area (Å²) >= 11 is 5.98. The molecule has 0 radical (unpaired) electrons. The summed E-state index contributed by atoms with van der Waals surface area (Å²) in [6.45, 7) is 3.22. The lowest BCUT2D eigenvalue weighted by Gasteiger charge is -2.15. The van der Waals surface area contributed by atoms with Crippen LogP contribution >= 0.6 is 11.6 Å². The van der Waals surface area contributed by atoms with Gasteiger partial charge in [-0.1, -0.05) is 17.7 Å². The number of carbonyl (C=O) groups excluding carboxylic acids is 1. The van der Waals surface area contributed by atoms with Crippen molar-refractivity contribution in [3.8, 4) is 11.5 Å². The number of rotatable bonds is 5. The molecule has 0 aliphatic heterocycles. The SMILES string of the molecule is Cc1ccc(Cl)c(OC(C)C(=O)Oc2cc(F)ccc2[N+](=O)[O-])c1. The van der Waals surface area contributed by atoms with Crippen molar-refractivity contribution in [3.63, 3.8) is 0 Å². The summed E-state index contributed by atoms with van der Waals surface area (Å²) in [5, 5.41) is 11.2. The number of hydrogen-bond donors (Lipinski definition) is 0. The zero-order valence-electron chi connectivity index (χ0n) is 12.8. The fourth-order valence-corrected chi connectivity index (χ4v) is 2.01. The molecule has 0 saturated heterocycles. The molecule has 0 aliphatic carbocycles. The third-order valence-electron chi connectivity index (χ3n) is 3.05. The normalized spacial score (nSPS) is 11.7. The van der Waals surface area contributed by atoms with Gasteiger partial charge < -0.3 is 9.47 Å². The highest BCUT2D eigenvalue weighted by Crippen LogP contribution is 2.29. The van der Waals surface area contributed by atoms with Gasteiger partial charge in [-0.15, -0.1) is 0 Å². The van der Waals surface area contributed by atoms with Crippen LogP contribution in [-0.4, -0.2) is 17.0 Å². The van der Waals surface area contributed by atoms with Crippen LogP contribution < -0.4 is 9.47 Å². The summed E-state index contributed by atoms with van der Waals surface area (Å²) in [4.78, 5) is 22.2. The second-order valence-electron chi connectivity index (χ2n) is 4.98. The number of esters is 1. The van der Waals surface area contributed by atoms with Gasteiger partial charge in [-0.05, 0) is 37.6 Å². The van der Waals surface area contributed by atoms with E-state index in [1.54, 1.807) is 18.2 Å². The van der Waals surface area contributed by atoms with E-state index in [0.29, 0.717) is 5.02 Å². The van der Waals surface area contributed by atoms with Crippen LogP contribution in [0.1, 0.15) is 12.5 Å². The maximum atomic E-state index is 13.2. The van der Waals surface area contributed by atoms with E-state index < -0.39 is 34.3 Å². The predicted molar refractivity (Wildman–Crippen MR) is 85.0 cm³/mol. The van der Waals surface area contributed by atoms with E-state index in [9.17, 15) is 19.3 Å². The number of aryl methyl sites for hydroxylation is 1. The van der Waals surface area contributed by atoms with Crippen LogP contribution in [-0.2, 0) is 4.79 Å². The molecule has 126 valence electrons. The number of nitrogens with zero attached hydrogens (tertiary/aromatic N) is 1. The van der Waals surface area contributed by atoms with Gasteiger partial charge in [-0.2, -0.15) is 0 Å². The standard InChI is InChI=1S/C16H13ClFNO5/c1-9-3-5-12(17)14(7-9)23-10(2)16(20)24-15-8-11(18)4-6-13(15)19(21)22/h3-8,10H,1-2H3. The number of benzene rings is 2. The summed E-state index contributed by atoms with van der Waals surface area (Å²) < 4.78 is 23.6. The average Bonchev–Trinajstić information content (AvgIpc) is 2.50. The van der Waals surface area contributed by atoms with E-state index in [0.717, 1.165) is 23.8 Å². The molecule has 24 heavy (non-hydrogen) atoms. The Morgan fingerprint density at radius 2 is 1.96 bits per heavy atom. The van der Waals surface area contributed by atoms with Crippen molar-refractivity contribution >= 4 is 23.3 Å². The number of ether oxygens (including phenoxy) is 2. The summed E-state index contributed by atoms with van der Waals surface area (Å²) in [6.07, 6.45) is -1.10. The van der Waals surface area contributed by atoms with Crippen molar-refractivity contribution < 1.29 is 23.6 Å². The molecular formula is C16H13ClFNO5. The van der Waals surface area contributed by atoms with E-state index in [1.807, 2.05) is 6.92 Å². The molecule has 0 aromatic heterocycles. The Balaban J connectivity index is 2.16. The number of carbonyl (C=O) groups is 1. The molecule has 0 spiro atoms. The van der Waals surface area contributed by atoms with Crippen molar-refractivity contribution in [2.24, 2.45) is 0 Å². The molecule has 1 atom stereocenters. The molecule has 2 rings (SSSR count). The minimum Gasteiger partial charge on any atom is -0.477 e. The van der Waals surface area contributed by atoms with Gasteiger partial charge in [0.1, 0.15) is 11.6 Å².